The maximum atomic E-state index is 13.1. The maximum absolute atomic E-state index is 13.1. The average molecular weight is 539 g/mol. The highest BCUT2D eigenvalue weighted by Gasteiger charge is 2.28. The quantitative estimate of drug-likeness (QED) is 0.492. The molecule has 1 saturated heterocycles. The molecule has 1 heterocycles. The predicted molar refractivity (Wildman–Crippen MR) is 138 cm³/mol. The summed E-state index contributed by atoms with van der Waals surface area (Å²) in [5.74, 6) is 0.0769. The number of nitrogens with one attached hydrogen (secondary N) is 1. The monoisotopic (exact) mass is 538 g/mol. The largest absolute Gasteiger partial charge is 0.494 e. The van der Waals surface area contributed by atoms with Crippen LogP contribution in [0.1, 0.15) is 19.4 Å². The van der Waals surface area contributed by atoms with Gasteiger partial charge >= 0.3 is 0 Å². The van der Waals surface area contributed by atoms with E-state index in [1.54, 1.807) is 19.9 Å². The molecule has 0 bridgehead atoms. The first-order valence-electron chi connectivity index (χ1n) is 11.8. The Morgan fingerprint density at radius 1 is 0.972 bits per heavy atom. The summed E-state index contributed by atoms with van der Waals surface area (Å²) >= 11 is 0. The highest BCUT2D eigenvalue weighted by molar-refractivity contribution is 7.89. The van der Waals surface area contributed by atoms with Gasteiger partial charge in [-0.05, 0) is 68.9 Å². The molecule has 3 rings (SSSR count). The first-order valence-corrected chi connectivity index (χ1v) is 14.7. The predicted octanol–water partition coefficient (Wildman–Crippen LogP) is 1.98. The van der Waals surface area contributed by atoms with E-state index in [2.05, 4.69) is 10.2 Å². The summed E-state index contributed by atoms with van der Waals surface area (Å²) in [5, 5.41) is 2.65. The van der Waals surface area contributed by atoms with Gasteiger partial charge in [0.25, 0.3) is 0 Å². The topological polar surface area (TPSA) is 116 Å². The molecule has 36 heavy (non-hydrogen) atoms. The third-order valence-corrected chi connectivity index (χ3v) is 9.82. The summed E-state index contributed by atoms with van der Waals surface area (Å²) in [6.07, 6.45) is 0. The van der Waals surface area contributed by atoms with Crippen molar-refractivity contribution in [3.05, 3.63) is 48.0 Å². The molecular weight excluding hydrogens is 504 g/mol. The van der Waals surface area contributed by atoms with Crippen LogP contribution in [0.5, 0.6) is 5.75 Å². The first kappa shape index (κ1) is 28.1. The lowest BCUT2D eigenvalue weighted by molar-refractivity contribution is -0.116. The minimum Gasteiger partial charge on any atom is -0.494 e. The molecule has 1 amide bonds. The second kappa shape index (κ2) is 11.7. The average Bonchev–Trinajstić information content (AvgIpc) is 2.84. The Hall–Kier alpha value is -2.51. The summed E-state index contributed by atoms with van der Waals surface area (Å²) in [7, 11) is -5.57. The van der Waals surface area contributed by atoms with E-state index >= 15 is 0 Å². The fourth-order valence-electron chi connectivity index (χ4n) is 3.86. The van der Waals surface area contributed by atoms with Crippen LogP contribution in [0, 0.1) is 6.92 Å². The van der Waals surface area contributed by atoms with Crippen LogP contribution < -0.4 is 10.1 Å². The van der Waals surface area contributed by atoms with Crippen molar-refractivity contribution in [2.24, 2.45) is 0 Å². The third-order valence-electron chi connectivity index (χ3n) is 5.99. The number of aryl methyl sites for hydroxylation is 1. The lowest BCUT2D eigenvalue weighted by Crippen LogP contribution is -2.46. The number of rotatable bonds is 10. The number of benzene rings is 2. The molecule has 0 saturated carbocycles. The molecule has 2 aromatic carbocycles. The van der Waals surface area contributed by atoms with Crippen molar-refractivity contribution in [2.75, 3.05) is 58.2 Å². The van der Waals surface area contributed by atoms with Crippen molar-refractivity contribution in [2.45, 2.75) is 30.6 Å². The molecule has 0 aromatic heterocycles. The van der Waals surface area contributed by atoms with Crippen LogP contribution in [0.4, 0.5) is 5.69 Å². The number of hydrogen-bond donors (Lipinski definition) is 1. The zero-order valence-electron chi connectivity index (χ0n) is 21.1. The Labute approximate surface area is 213 Å². The van der Waals surface area contributed by atoms with Gasteiger partial charge in [-0.1, -0.05) is 6.92 Å². The van der Waals surface area contributed by atoms with E-state index < -0.39 is 26.0 Å². The van der Waals surface area contributed by atoms with Gasteiger partial charge in [-0.15, -0.1) is 0 Å². The van der Waals surface area contributed by atoms with Crippen molar-refractivity contribution in [3.63, 3.8) is 0 Å². The normalized spacial score (nSPS) is 15.7. The van der Waals surface area contributed by atoms with E-state index in [9.17, 15) is 21.6 Å². The van der Waals surface area contributed by atoms with Gasteiger partial charge in [0.15, 0.2) is 0 Å². The summed E-state index contributed by atoms with van der Waals surface area (Å²) in [5.41, 5.74) is 1.06. The van der Waals surface area contributed by atoms with E-state index in [1.165, 1.54) is 40.7 Å². The summed E-state index contributed by atoms with van der Waals surface area (Å²) < 4.78 is 60.0. The second-order valence-corrected chi connectivity index (χ2v) is 12.4. The van der Waals surface area contributed by atoms with Crippen LogP contribution in [0.3, 0.4) is 0 Å². The molecule has 2 aromatic rings. The number of nitrogens with zero attached hydrogens (tertiary/aromatic N) is 3. The first-order chi connectivity index (χ1) is 17.0. The molecule has 12 heteroatoms. The van der Waals surface area contributed by atoms with Gasteiger partial charge in [0, 0.05) is 38.4 Å². The highest BCUT2D eigenvalue weighted by atomic mass is 32.2. The molecule has 1 fully saturated rings. The number of carbonyl (C=O) groups excluding carboxylic acids is 1. The Balaban J connectivity index is 1.67. The van der Waals surface area contributed by atoms with E-state index in [-0.39, 0.29) is 22.9 Å². The lowest BCUT2D eigenvalue weighted by Gasteiger charge is -2.31. The summed E-state index contributed by atoms with van der Waals surface area (Å²) in [6.45, 7) is 7.64. The molecule has 10 nitrogen and oxygen atoms in total. The summed E-state index contributed by atoms with van der Waals surface area (Å²) in [4.78, 5) is 15.0. The van der Waals surface area contributed by atoms with Gasteiger partial charge in [0.2, 0.25) is 26.0 Å². The third kappa shape index (κ3) is 6.43. The molecule has 1 aliphatic rings. The van der Waals surface area contributed by atoms with Crippen LogP contribution in [-0.4, -0.2) is 89.2 Å². The molecule has 0 atom stereocenters. The zero-order valence-corrected chi connectivity index (χ0v) is 22.7. The van der Waals surface area contributed by atoms with Crippen LogP contribution >= 0.6 is 0 Å². The SMILES string of the molecule is CCOc1ccc(S(=O)(=O)N(CC)CC(=O)Nc2ccc(S(=O)(=O)N3CCN(C)CC3)cc2)cc1C. The standard InChI is InChI=1S/C24H34N4O6S2/c1-5-27(36(32,33)22-11-12-23(34-6-2)19(3)17-22)18-24(29)25-20-7-9-21(10-8-20)35(30,31)28-15-13-26(4)14-16-28/h7-12,17H,5-6,13-16,18H2,1-4H3,(H,25,29). The number of piperazine rings is 1. The minimum absolute atomic E-state index is 0.0802. The molecule has 1 aliphatic heterocycles. The number of likely N-dealkylation sites (N-methyl/N-ethyl adjacent to an activating group) is 2. The zero-order chi connectivity index (χ0) is 26.5. The highest BCUT2D eigenvalue weighted by Crippen LogP contribution is 2.24. The smallest absolute Gasteiger partial charge is 0.243 e. The van der Waals surface area contributed by atoms with Crippen LogP contribution in [0.25, 0.3) is 0 Å². The van der Waals surface area contributed by atoms with E-state index in [4.69, 9.17) is 4.74 Å². The van der Waals surface area contributed by atoms with E-state index in [0.29, 0.717) is 49.8 Å². The minimum atomic E-state index is -3.91. The maximum Gasteiger partial charge on any atom is 0.243 e. The van der Waals surface area contributed by atoms with Gasteiger partial charge in [0.05, 0.1) is 22.9 Å². The molecule has 0 unspecified atom stereocenters. The van der Waals surface area contributed by atoms with Gasteiger partial charge in [0.1, 0.15) is 5.75 Å². The molecule has 0 radical (unpaired) electrons. The summed E-state index contributed by atoms with van der Waals surface area (Å²) in [6, 6.07) is 10.5. The van der Waals surface area contributed by atoms with Gasteiger partial charge in [-0.2, -0.15) is 8.61 Å². The van der Waals surface area contributed by atoms with Crippen LogP contribution in [0.2, 0.25) is 0 Å². The number of amides is 1. The van der Waals surface area contributed by atoms with E-state index in [0.717, 1.165) is 4.31 Å². The van der Waals surface area contributed by atoms with Crippen LogP contribution in [0.15, 0.2) is 52.3 Å². The molecule has 0 spiro atoms. The number of carbonyl (C=O) groups is 1. The van der Waals surface area contributed by atoms with Gasteiger partial charge in [-0.25, -0.2) is 16.8 Å². The Bertz CT molecular complexity index is 1270. The van der Waals surface area contributed by atoms with Crippen molar-refractivity contribution < 1.29 is 26.4 Å². The Morgan fingerprint density at radius 3 is 2.14 bits per heavy atom. The second-order valence-electron chi connectivity index (χ2n) is 8.57. The van der Waals surface area contributed by atoms with Crippen molar-refractivity contribution in [1.29, 1.82) is 0 Å². The Kier molecular flexibility index (Phi) is 9.12. The van der Waals surface area contributed by atoms with Crippen LogP contribution in [-0.2, 0) is 24.8 Å². The van der Waals surface area contributed by atoms with Crippen molar-refractivity contribution in [1.82, 2.24) is 13.5 Å². The number of anilines is 1. The van der Waals surface area contributed by atoms with Crippen molar-refractivity contribution in [3.8, 4) is 5.75 Å². The van der Waals surface area contributed by atoms with E-state index in [1.807, 2.05) is 14.0 Å². The fraction of sp³-hybridized carbons (Fsp3) is 0.458. The molecule has 1 N–H and O–H groups in total. The Morgan fingerprint density at radius 2 is 1.58 bits per heavy atom. The number of hydrogen-bond acceptors (Lipinski definition) is 7. The molecule has 0 aliphatic carbocycles. The number of ether oxygens (including phenoxy) is 1. The number of sulfonamides is 2. The molecular formula is C24H34N4O6S2. The van der Waals surface area contributed by atoms with Crippen molar-refractivity contribution >= 4 is 31.6 Å². The van der Waals surface area contributed by atoms with Gasteiger partial charge < -0.3 is 15.0 Å². The molecule has 198 valence electrons. The van der Waals surface area contributed by atoms with Gasteiger partial charge in [-0.3, -0.25) is 4.79 Å². The fourth-order valence-corrected chi connectivity index (χ4v) is 6.78. The lowest BCUT2D eigenvalue weighted by atomic mass is 10.2.